The van der Waals surface area contributed by atoms with Gasteiger partial charge in [-0.1, -0.05) is 0 Å². The van der Waals surface area contributed by atoms with Crippen molar-refractivity contribution in [3.63, 3.8) is 0 Å². The van der Waals surface area contributed by atoms with E-state index in [1.165, 1.54) is 12.1 Å². The normalized spacial score (nSPS) is 25.9. The van der Waals surface area contributed by atoms with Crippen LogP contribution in [0.3, 0.4) is 0 Å². The van der Waals surface area contributed by atoms with E-state index in [2.05, 4.69) is 0 Å². The van der Waals surface area contributed by atoms with Gasteiger partial charge in [0.2, 0.25) is 0 Å². The fourth-order valence-corrected chi connectivity index (χ4v) is 1.90. The summed E-state index contributed by atoms with van der Waals surface area (Å²) in [6.45, 7) is 0. The SMILES string of the molecule is N[C@@H]1CCc2c(O)cc(O)cc2[C@H]1O. The average Bonchev–Trinajstić information content (AvgIpc) is 2.12. The van der Waals surface area contributed by atoms with E-state index in [4.69, 9.17) is 5.73 Å². The maximum Gasteiger partial charge on any atom is 0.122 e. The van der Waals surface area contributed by atoms with Gasteiger partial charge in [0, 0.05) is 17.7 Å². The van der Waals surface area contributed by atoms with E-state index in [0.29, 0.717) is 24.0 Å². The standard InChI is InChI=1S/C10H13NO3/c11-8-2-1-6-7(10(8)14)3-5(12)4-9(6)13/h3-4,8,10,12-14H,1-2,11H2/t8-,10-/m1/s1. The second kappa shape index (κ2) is 3.15. The summed E-state index contributed by atoms with van der Waals surface area (Å²) >= 11 is 0. The van der Waals surface area contributed by atoms with Gasteiger partial charge in [0.05, 0.1) is 6.10 Å². The molecule has 0 fully saturated rings. The van der Waals surface area contributed by atoms with Crippen LogP contribution in [0.25, 0.3) is 0 Å². The van der Waals surface area contributed by atoms with Gasteiger partial charge in [-0.3, -0.25) is 0 Å². The summed E-state index contributed by atoms with van der Waals surface area (Å²) in [6.07, 6.45) is 0.489. The molecule has 1 aliphatic rings. The van der Waals surface area contributed by atoms with Gasteiger partial charge in [-0.2, -0.15) is 0 Å². The van der Waals surface area contributed by atoms with E-state index in [1.54, 1.807) is 0 Å². The van der Waals surface area contributed by atoms with Crippen LogP contribution < -0.4 is 5.73 Å². The molecule has 0 amide bonds. The highest BCUT2D eigenvalue weighted by molar-refractivity contribution is 5.48. The molecule has 1 aliphatic carbocycles. The molecule has 0 saturated heterocycles. The quantitative estimate of drug-likeness (QED) is 0.482. The van der Waals surface area contributed by atoms with Crippen molar-refractivity contribution in [1.82, 2.24) is 0 Å². The largest absolute Gasteiger partial charge is 0.508 e. The Balaban J connectivity index is 2.54. The number of phenolic OH excluding ortho intramolecular Hbond substituents is 2. The van der Waals surface area contributed by atoms with Crippen molar-refractivity contribution in [2.45, 2.75) is 25.0 Å². The van der Waals surface area contributed by atoms with E-state index in [9.17, 15) is 15.3 Å². The number of phenols is 2. The maximum atomic E-state index is 9.73. The highest BCUT2D eigenvalue weighted by Gasteiger charge is 2.27. The third kappa shape index (κ3) is 1.32. The van der Waals surface area contributed by atoms with Crippen molar-refractivity contribution < 1.29 is 15.3 Å². The summed E-state index contributed by atoms with van der Waals surface area (Å²) in [5.41, 5.74) is 6.91. The Hall–Kier alpha value is -1.26. The van der Waals surface area contributed by atoms with Crippen LogP contribution in [0.4, 0.5) is 0 Å². The maximum absolute atomic E-state index is 9.73. The van der Waals surface area contributed by atoms with Crippen molar-refractivity contribution in [3.8, 4) is 11.5 Å². The van der Waals surface area contributed by atoms with Gasteiger partial charge in [-0.25, -0.2) is 0 Å². The number of rotatable bonds is 0. The van der Waals surface area contributed by atoms with Gasteiger partial charge in [0.25, 0.3) is 0 Å². The first-order valence-electron chi connectivity index (χ1n) is 4.58. The first-order chi connectivity index (χ1) is 6.59. The van der Waals surface area contributed by atoms with Crippen LogP contribution in [0, 0.1) is 0 Å². The summed E-state index contributed by atoms with van der Waals surface area (Å²) in [5, 5.41) is 28.5. The van der Waals surface area contributed by atoms with Gasteiger partial charge in [-0.15, -0.1) is 0 Å². The van der Waals surface area contributed by atoms with Crippen LogP contribution in [-0.4, -0.2) is 21.4 Å². The summed E-state index contributed by atoms with van der Waals surface area (Å²) in [4.78, 5) is 0. The summed E-state index contributed by atoms with van der Waals surface area (Å²) in [6, 6.07) is 2.42. The van der Waals surface area contributed by atoms with Crippen LogP contribution in [0.1, 0.15) is 23.7 Å². The smallest absolute Gasteiger partial charge is 0.122 e. The monoisotopic (exact) mass is 195 g/mol. The number of hydrogen-bond acceptors (Lipinski definition) is 4. The average molecular weight is 195 g/mol. The molecule has 2 atom stereocenters. The number of aliphatic hydroxyl groups excluding tert-OH is 1. The molecule has 0 unspecified atom stereocenters. The van der Waals surface area contributed by atoms with Crippen LogP contribution in [0.2, 0.25) is 0 Å². The molecule has 0 bridgehead atoms. The molecule has 5 N–H and O–H groups in total. The molecule has 4 heteroatoms. The molecule has 76 valence electrons. The minimum Gasteiger partial charge on any atom is -0.508 e. The molecule has 0 radical (unpaired) electrons. The minimum absolute atomic E-state index is 0.0333. The molecular formula is C10H13NO3. The van der Waals surface area contributed by atoms with Crippen molar-refractivity contribution in [1.29, 1.82) is 0 Å². The second-order valence-corrected chi connectivity index (χ2v) is 3.68. The van der Waals surface area contributed by atoms with E-state index in [-0.39, 0.29) is 17.5 Å². The molecule has 4 nitrogen and oxygen atoms in total. The Morgan fingerprint density at radius 3 is 2.71 bits per heavy atom. The Morgan fingerprint density at radius 1 is 1.29 bits per heavy atom. The van der Waals surface area contributed by atoms with Crippen LogP contribution >= 0.6 is 0 Å². The lowest BCUT2D eigenvalue weighted by atomic mass is 9.85. The van der Waals surface area contributed by atoms with Crippen LogP contribution in [0.15, 0.2) is 12.1 Å². The molecule has 14 heavy (non-hydrogen) atoms. The number of nitrogens with two attached hydrogens (primary N) is 1. The topological polar surface area (TPSA) is 86.7 Å². The number of benzene rings is 1. The Labute approximate surface area is 81.6 Å². The van der Waals surface area contributed by atoms with Crippen molar-refractivity contribution in [2.24, 2.45) is 5.73 Å². The zero-order chi connectivity index (χ0) is 10.3. The Morgan fingerprint density at radius 2 is 2.00 bits per heavy atom. The van der Waals surface area contributed by atoms with Crippen molar-refractivity contribution >= 4 is 0 Å². The zero-order valence-corrected chi connectivity index (χ0v) is 7.64. The molecule has 2 rings (SSSR count). The summed E-state index contributed by atoms with van der Waals surface area (Å²) < 4.78 is 0. The third-order valence-corrected chi connectivity index (χ3v) is 2.70. The molecule has 1 aromatic carbocycles. The number of fused-ring (bicyclic) bond motifs is 1. The van der Waals surface area contributed by atoms with E-state index < -0.39 is 6.10 Å². The predicted octanol–water partition coefficient (Wildman–Crippen LogP) is 0.405. The first-order valence-corrected chi connectivity index (χ1v) is 4.58. The lowest BCUT2D eigenvalue weighted by Gasteiger charge is -2.27. The zero-order valence-electron chi connectivity index (χ0n) is 7.64. The predicted molar refractivity (Wildman–Crippen MR) is 51.0 cm³/mol. The Bertz CT molecular complexity index is 365. The van der Waals surface area contributed by atoms with Crippen LogP contribution in [0.5, 0.6) is 11.5 Å². The van der Waals surface area contributed by atoms with E-state index in [0.717, 1.165) is 0 Å². The fourth-order valence-electron chi connectivity index (χ4n) is 1.90. The molecule has 0 heterocycles. The number of aromatic hydroxyl groups is 2. The molecule has 0 aromatic heterocycles. The van der Waals surface area contributed by atoms with E-state index in [1.807, 2.05) is 0 Å². The highest BCUT2D eigenvalue weighted by Crippen LogP contribution is 2.37. The number of hydrogen-bond donors (Lipinski definition) is 4. The fraction of sp³-hybridized carbons (Fsp3) is 0.400. The lowest BCUT2D eigenvalue weighted by Crippen LogP contribution is -2.32. The third-order valence-electron chi connectivity index (χ3n) is 2.70. The van der Waals surface area contributed by atoms with E-state index >= 15 is 0 Å². The Kier molecular flexibility index (Phi) is 2.09. The van der Waals surface area contributed by atoms with Crippen LogP contribution in [-0.2, 0) is 6.42 Å². The molecule has 1 aromatic rings. The molecule has 0 aliphatic heterocycles. The van der Waals surface area contributed by atoms with Gasteiger partial charge < -0.3 is 21.1 Å². The molecule has 0 saturated carbocycles. The highest BCUT2D eigenvalue weighted by atomic mass is 16.3. The minimum atomic E-state index is -0.795. The van der Waals surface area contributed by atoms with Crippen molar-refractivity contribution in [3.05, 3.63) is 23.3 Å². The van der Waals surface area contributed by atoms with Gasteiger partial charge >= 0.3 is 0 Å². The first kappa shape index (κ1) is 9.30. The van der Waals surface area contributed by atoms with Gasteiger partial charge in [-0.05, 0) is 24.5 Å². The summed E-state index contributed by atoms with van der Waals surface area (Å²) in [5.74, 6) is -0.0136. The lowest BCUT2D eigenvalue weighted by molar-refractivity contribution is 0.132. The summed E-state index contributed by atoms with van der Waals surface area (Å²) in [7, 11) is 0. The second-order valence-electron chi connectivity index (χ2n) is 3.68. The van der Waals surface area contributed by atoms with Gasteiger partial charge in [0.1, 0.15) is 11.5 Å². The molecular weight excluding hydrogens is 182 g/mol. The number of aliphatic hydroxyl groups is 1. The molecule has 0 spiro atoms. The van der Waals surface area contributed by atoms with Crippen molar-refractivity contribution in [2.75, 3.05) is 0 Å². The van der Waals surface area contributed by atoms with Gasteiger partial charge in [0.15, 0.2) is 0 Å².